The van der Waals surface area contributed by atoms with Gasteiger partial charge in [0.05, 0.1) is 0 Å². The number of anilines is 1. The van der Waals surface area contributed by atoms with Gasteiger partial charge in [-0.3, -0.25) is 4.99 Å². The molecule has 0 bridgehead atoms. The van der Waals surface area contributed by atoms with E-state index >= 15 is 0 Å². The Morgan fingerprint density at radius 3 is 2.78 bits per heavy atom. The fourth-order valence-corrected chi connectivity index (χ4v) is 3.39. The lowest BCUT2D eigenvalue weighted by molar-refractivity contribution is 0.583. The summed E-state index contributed by atoms with van der Waals surface area (Å²) in [5.74, 6) is 1.99. The number of aromatic nitrogens is 2. The molecule has 0 aliphatic carbocycles. The van der Waals surface area contributed by atoms with Crippen LogP contribution in [0.25, 0.3) is 0 Å². The van der Waals surface area contributed by atoms with Crippen molar-refractivity contribution >= 4 is 35.6 Å². The first kappa shape index (κ1) is 21.5. The van der Waals surface area contributed by atoms with Crippen molar-refractivity contribution in [3.8, 4) is 0 Å². The topological polar surface area (TPSA) is 57.5 Å². The highest BCUT2D eigenvalue weighted by atomic mass is 127. The van der Waals surface area contributed by atoms with Gasteiger partial charge in [-0.25, -0.2) is 4.98 Å². The molecule has 27 heavy (non-hydrogen) atoms. The third-order valence-electron chi connectivity index (χ3n) is 4.92. The number of nitrogens with one attached hydrogen (secondary N) is 2. The van der Waals surface area contributed by atoms with Gasteiger partial charge in [0.15, 0.2) is 5.96 Å². The second-order valence-corrected chi connectivity index (χ2v) is 6.79. The number of aliphatic imine (C=N–C) groups is 1. The van der Waals surface area contributed by atoms with E-state index in [-0.39, 0.29) is 24.0 Å². The van der Waals surface area contributed by atoms with Crippen molar-refractivity contribution in [3.05, 3.63) is 48.5 Å². The first-order valence-electron chi connectivity index (χ1n) is 9.51. The summed E-state index contributed by atoms with van der Waals surface area (Å²) in [5.41, 5.74) is 1.30. The average molecular weight is 482 g/mol. The number of hydrogen-bond donors (Lipinski definition) is 2. The Hall–Kier alpha value is -1.77. The largest absolute Gasteiger partial charge is 0.369 e. The Morgan fingerprint density at radius 1 is 1.26 bits per heavy atom. The molecule has 2 aromatic rings. The molecule has 2 N–H and O–H groups in total. The molecule has 0 saturated carbocycles. The van der Waals surface area contributed by atoms with Crippen LogP contribution < -0.4 is 15.5 Å². The Kier molecular flexibility index (Phi) is 8.90. The van der Waals surface area contributed by atoms with E-state index in [1.807, 2.05) is 26.4 Å². The lowest BCUT2D eigenvalue weighted by atomic mass is 10.2. The summed E-state index contributed by atoms with van der Waals surface area (Å²) in [4.78, 5) is 11.1. The summed E-state index contributed by atoms with van der Waals surface area (Å²) in [5, 5.41) is 7.00. The minimum atomic E-state index is 0. The van der Waals surface area contributed by atoms with Crippen LogP contribution >= 0.6 is 24.0 Å². The molecule has 0 radical (unpaired) electrons. The summed E-state index contributed by atoms with van der Waals surface area (Å²) in [6, 6.07) is 11.1. The molecule has 0 spiro atoms. The molecule has 2 heterocycles. The third kappa shape index (κ3) is 6.41. The maximum atomic E-state index is 4.37. The molecule has 1 fully saturated rings. The zero-order valence-corrected chi connectivity index (χ0v) is 18.6. The van der Waals surface area contributed by atoms with Gasteiger partial charge >= 0.3 is 0 Å². The van der Waals surface area contributed by atoms with Crippen molar-refractivity contribution in [3.63, 3.8) is 0 Å². The fourth-order valence-electron chi connectivity index (χ4n) is 3.39. The van der Waals surface area contributed by atoms with Gasteiger partial charge in [0.1, 0.15) is 5.82 Å². The first-order chi connectivity index (χ1) is 12.8. The predicted octanol–water partition coefficient (Wildman–Crippen LogP) is 3.03. The molecule has 7 heteroatoms. The van der Waals surface area contributed by atoms with E-state index in [1.165, 1.54) is 5.69 Å². The lowest BCUT2D eigenvalue weighted by Gasteiger charge is -2.20. The van der Waals surface area contributed by atoms with E-state index in [9.17, 15) is 0 Å². The summed E-state index contributed by atoms with van der Waals surface area (Å²) < 4.78 is 2.20. The van der Waals surface area contributed by atoms with E-state index in [0.29, 0.717) is 6.04 Å². The summed E-state index contributed by atoms with van der Waals surface area (Å²) in [7, 11) is 1.84. The maximum Gasteiger partial charge on any atom is 0.191 e. The number of benzene rings is 1. The molecular formula is C20H31IN6. The second kappa shape index (κ2) is 11.2. The van der Waals surface area contributed by atoms with Gasteiger partial charge in [0, 0.05) is 57.3 Å². The molecule has 148 valence electrons. The van der Waals surface area contributed by atoms with Gasteiger partial charge in [-0.2, -0.15) is 0 Å². The van der Waals surface area contributed by atoms with Crippen LogP contribution in [0.1, 0.15) is 25.1 Å². The molecular weight excluding hydrogens is 451 g/mol. The van der Waals surface area contributed by atoms with E-state index in [0.717, 1.165) is 57.2 Å². The number of para-hydroxylation sites is 1. The standard InChI is InChI=1S/C20H30N6.HI/c1-17-22-12-15-25(17)13-7-6-11-23-20(21-2)24-18-10-14-26(16-18)19-8-4-3-5-9-19;/h3-5,8-9,12,15,18H,6-7,10-11,13-14,16H2,1-2H3,(H2,21,23,24);1H. The Balaban J connectivity index is 0.00000261. The number of nitrogens with zero attached hydrogens (tertiary/aromatic N) is 4. The van der Waals surface area contributed by atoms with Gasteiger partial charge in [0.25, 0.3) is 0 Å². The smallest absolute Gasteiger partial charge is 0.191 e. The van der Waals surface area contributed by atoms with Gasteiger partial charge in [0.2, 0.25) is 0 Å². The van der Waals surface area contributed by atoms with Gasteiger partial charge < -0.3 is 20.1 Å². The van der Waals surface area contributed by atoms with Crippen molar-refractivity contribution in [2.24, 2.45) is 4.99 Å². The molecule has 1 saturated heterocycles. The van der Waals surface area contributed by atoms with Crippen LogP contribution in [0.2, 0.25) is 0 Å². The molecule has 0 amide bonds. The molecule has 1 aliphatic rings. The average Bonchev–Trinajstić information content (AvgIpc) is 3.30. The fraction of sp³-hybridized carbons (Fsp3) is 0.500. The minimum Gasteiger partial charge on any atom is -0.369 e. The molecule has 6 nitrogen and oxygen atoms in total. The molecule has 1 aliphatic heterocycles. The van der Waals surface area contributed by atoms with Crippen molar-refractivity contribution in [1.82, 2.24) is 20.2 Å². The summed E-state index contributed by atoms with van der Waals surface area (Å²) in [6.07, 6.45) is 7.28. The van der Waals surface area contributed by atoms with Gasteiger partial charge in [-0.15, -0.1) is 24.0 Å². The second-order valence-electron chi connectivity index (χ2n) is 6.79. The Labute approximate surface area is 179 Å². The van der Waals surface area contributed by atoms with Crippen molar-refractivity contribution < 1.29 is 0 Å². The maximum absolute atomic E-state index is 4.37. The number of hydrogen-bond acceptors (Lipinski definition) is 3. The molecule has 1 aromatic carbocycles. The highest BCUT2D eigenvalue weighted by molar-refractivity contribution is 14.0. The Morgan fingerprint density at radius 2 is 2.07 bits per heavy atom. The summed E-state index contributed by atoms with van der Waals surface area (Å²) in [6.45, 7) is 6.11. The van der Waals surface area contributed by atoms with Crippen LogP contribution in [-0.4, -0.2) is 48.2 Å². The Bertz CT molecular complexity index is 700. The number of imidazole rings is 1. The zero-order valence-electron chi connectivity index (χ0n) is 16.3. The van der Waals surface area contributed by atoms with Crippen LogP contribution in [0.3, 0.4) is 0 Å². The highest BCUT2D eigenvalue weighted by Crippen LogP contribution is 2.19. The zero-order chi connectivity index (χ0) is 18.2. The normalized spacial score (nSPS) is 16.9. The predicted molar refractivity (Wildman–Crippen MR) is 123 cm³/mol. The number of aryl methyl sites for hydroxylation is 2. The van der Waals surface area contributed by atoms with Crippen molar-refractivity contribution in [1.29, 1.82) is 0 Å². The van der Waals surface area contributed by atoms with Gasteiger partial charge in [-0.1, -0.05) is 18.2 Å². The number of unbranched alkanes of at least 4 members (excludes halogenated alkanes) is 1. The van der Waals surface area contributed by atoms with E-state index in [4.69, 9.17) is 0 Å². The number of rotatable bonds is 7. The van der Waals surface area contributed by atoms with Gasteiger partial charge in [-0.05, 0) is 38.3 Å². The van der Waals surface area contributed by atoms with Crippen LogP contribution in [0.15, 0.2) is 47.7 Å². The summed E-state index contributed by atoms with van der Waals surface area (Å²) >= 11 is 0. The minimum absolute atomic E-state index is 0. The van der Waals surface area contributed by atoms with E-state index in [1.54, 1.807) is 0 Å². The molecule has 1 unspecified atom stereocenters. The highest BCUT2D eigenvalue weighted by Gasteiger charge is 2.23. The number of halogens is 1. The van der Waals surface area contributed by atoms with E-state index in [2.05, 4.69) is 60.4 Å². The van der Waals surface area contributed by atoms with Crippen LogP contribution in [0.4, 0.5) is 5.69 Å². The van der Waals surface area contributed by atoms with Crippen molar-refractivity contribution in [2.75, 3.05) is 31.6 Å². The lowest BCUT2D eigenvalue weighted by Crippen LogP contribution is -2.44. The SMILES string of the molecule is CN=C(NCCCCn1ccnc1C)NC1CCN(c2ccccc2)C1.I. The van der Waals surface area contributed by atoms with Crippen LogP contribution in [0, 0.1) is 6.92 Å². The molecule has 1 aromatic heterocycles. The van der Waals surface area contributed by atoms with E-state index < -0.39 is 0 Å². The van der Waals surface area contributed by atoms with Crippen LogP contribution in [-0.2, 0) is 6.54 Å². The third-order valence-corrected chi connectivity index (χ3v) is 4.92. The van der Waals surface area contributed by atoms with Crippen LogP contribution in [0.5, 0.6) is 0 Å². The molecule has 1 atom stereocenters. The monoisotopic (exact) mass is 482 g/mol. The quantitative estimate of drug-likeness (QED) is 0.276. The molecule has 3 rings (SSSR count). The number of guanidine groups is 1. The first-order valence-corrected chi connectivity index (χ1v) is 9.51. The van der Waals surface area contributed by atoms with Crippen molar-refractivity contribution in [2.45, 2.75) is 38.8 Å².